The molecule has 0 aliphatic rings. The Labute approximate surface area is 152 Å². The number of benzene rings is 1. The van der Waals surface area contributed by atoms with Gasteiger partial charge in [0.1, 0.15) is 17.6 Å². The van der Waals surface area contributed by atoms with Crippen molar-refractivity contribution in [1.29, 1.82) is 0 Å². The summed E-state index contributed by atoms with van der Waals surface area (Å²) in [7, 11) is 0. The van der Waals surface area contributed by atoms with Crippen LogP contribution in [0, 0.1) is 5.41 Å². The van der Waals surface area contributed by atoms with E-state index in [1.54, 1.807) is 51.1 Å². The van der Waals surface area contributed by atoms with Crippen LogP contribution < -0.4 is 11.5 Å². The van der Waals surface area contributed by atoms with E-state index >= 15 is 0 Å². The first kappa shape index (κ1) is 21.6. The van der Waals surface area contributed by atoms with Crippen LogP contribution in [0.5, 0.6) is 0 Å². The average Bonchev–Trinajstić information content (AvgIpc) is 2.57. The van der Waals surface area contributed by atoms with Gasteiger partial charge in [-0.05, 0) is 33.3 Å². The van der Waals surface area contributed by atoms with Crippen LogP contribution in [-0.2, 0) is 30.5 Å². The van der Waals surface area contributed by atoms with Crippen molar-refractivity contribution in [3.63, 3.8) is 0 Å². The molecule has 144 valence electrons. The first-order valence-electron chi connectivity index (χ1n) is 8.05. The fourth-order valence-corrected chi connectivity index (χ4v) is 2.19. The summed E-state index contributed by atoms with van der Waals surface area (Å²) in [6, 6.07) is 8.78. The second-order valence-corrected chi connectivity index (χ2v) is 7.21. The van der Waals surface area contributed by atoms with Crippen molar-refractivity contribution in [2.75, 3.05) is 6.54 Å². The number of ether oxygens (including phenoxy) is 2. The molecule has 2 atom stereocenters. The molecule has 0 amide bonds. The lowest BCUT2D eigenvalue weighted by molar-refractivity contribution is -0.185. The van der Waals surface area contributed by atoms with E-state index in [4.69, 9.17) is 20.9 Å². The summed E-state index contributed by atoms with van der Waals surface area (Å²) in [4.78, 5) is 37.0. The lowest BCUT2D eigenvalue weighted by atomic mass is 9.70. The van der Waals surface area contributed by atoms with Gasteiger partial charge in [0.15, 0.2) is 0 Å². The number of carboxylic acids is 1. The van der Waals surface area contributed by atoms with Gasteiger partial charge >= 0.3 is 17.9 Å². The second kappa shape index (κ2) is 7.84. The predicted octanol–water partition coefficient (Wildman–Crippen LogP) is 0.819. The summed E-state index contributed by atoms with van der Waals surface area (Å²) in [5.41, 5.74) is 6.50. The molecule has 0 saturated carbocycles. The number of hydrogen-bond donors (Lipinski definition) is 3. The molecule has 1 aromatic carbocycles. The van der Waals surface area contributed by atoms with Gasteiger partial charge in [0, 0.05) is 6.54 Å². The predicted molar refractivity (Wildman–Crippen MR) is 93.8 cm³/mol. The summed E-state index contributed by atoms with van der Waals surface area (Å²) in [5.74, 6) is -3.99. The molecule has 0 aliphatic carbocycles. The van der Waals surface area contributed by atoms with E-state index in [2.05, 4.69) is 0 Å². The third kappa shape index (κ3) is 4.39. The second-order valence-electron chi connectivity index (χ2n) is 7.21. The number of carboxylic acid groups (broad SMARTS) is 1. The fraction of sp³-hybridized carbons (Fsp3) is 0.500. The van der Waals surface area contributed by atoms with Crippen LogP contribution in [0.15, 0.2) is 30.3 Å². The van der Waals surface area contributed by atoms with Crippen molar-refractivity contribution < 1.29 is 29.0 Å². The van der Waals surface area contributed by atoms with E-state index in [-0.39, 0.29) is 6.61 Å². The molecule has 0 heterocycles. The minimum atomic E-state index is -2.71. The van der Waals surface area contributed by atoms with Gasteiger partial charge in [0.05, 0.1) is 0 Å². The van der Waals surface area contributed by atoms with Crippen LogP contribution in [0.25, 0.3) is 0 Å². The zero-order valence-corrected chi connectivity index (χ0v) is 15.4. The van der Waals surface area contributed by atoms with Gasteiger partial charge < -0.3 is 26.0 Å². The molecule has 5 N–H and O–H groups in total. The van der Waals surface area contributed by atoms with Gasteiger partial charge in [-0.2, -0.15) is 0 Å². The molecule has 0 radical (unpaired) electrons. The van der Waals surface area contributed by atoms with Crippen molar-refractivity contribution in [3.05, 3.63) is 35.9 Å². The van der Waals surface area contributed by atoms with Crippen LogP contribution in [0.4, 0.5) is 0 Å². The largest absolute Gasteiger partial charge is 0.479 e. The first-order valence-corrected chi connectivity index (χ1v) is 8.05. The SMILES string of the molecule is CC(C)(C)OC(=O)C(N)(C(=O)O)C(C)(CN)C(=O)OCc1ccccc1. The molecule has 8 heteroatoms. The van der Waals surface area contributed by atoms with E-state index in [9.17, 15) is 19.5 Å². The number of carbonyl (C=O) groups is 3. The Hall–Kier alpha value is -2.45. The molecule has 0 aliphatic heterocycles. The van der Waals surface area contributed by atoms with Gasteiger partial charge in [-0.25, -0.2) is 9.59 Å². The van der Waals surface area contributed by atoms with E-state index in [0.717, 1.165) is 0 Å². The van der Waals surface area contributed by atoms with Crippen molar-refractivity contribution in [1.82, 2.24) is 0 Å². The quantitative estimate of drug-likeness (QED) is 0.475. The molecule has 0 bridgehead atoms. The molecule has 0 saturated heterocycles. The summed E-state index contributed by atoms with van der Waals surface area (Å²) >= 11 is 0. The number of aliphatic carboxylic acids is 1. The molecule has 1 rings (SSSR count). The summed E-state index contributed by atoms with van der Waals surface area (Å²) in [6.07, 6.45) is 0. The molecule has 0 aromatic heterocycles. The van der Waals surface area contributed by atoms with Crippen molar-refractivity contribution in [3.8, 4) is 0 Å². The Morgan fingerprint density at radius 2 is 1.58 bits per heavy atom. The summed E-state index contributed by atoms with van der Waals surface area (Å²) < 4.78 is 10.3. The van der Waals surface area contributed by atoms with Crippen LogP contribution in [0.1, 0.15) is 33.3 Å². The Bertz CT molecular complexity index is 670. The smallest absolute Gasteiger partial charge is 0.339 e. The van der Waals surface area contributed by atoms with E-state index in [1.165, 1.54) is 6.92 Å². The molecule has 26 heavy (non-hydrogen) atoms. The third-order valence-electron chi connectivity index (χ3n) is 4.00. The normalized spacial score (nSPS) is 16.1. The number of hydrogen-bond acceptors (Lipinski definition) is 7. The third-order valence-corrected chi connectivity index (χ3v) is 4.00. The highest BCUT2D eigenvalue weighted by Crippen LogP contribution is 2.33. The lowest BCUT2D eigenvalue weighted by Gasteiger charge is -2.39. The highest BCUT2D eigenvalue weighted by atomic mass is 16.6. The minimum Gasteiger partial charge on any atom is -0.479 e. The maximum Gasteiger partial charge on any atom is 0.339 e. The van der Waals surface area contributed by atoms with Crippen LogP contribution in [-0.4, -0.2) is 40.7 Å². The van der Waals surface area contributed by atoms with Gasteiger partial charge in [-0.1, -0.05) is 30.3 Å². The lowest BCUT2D eigenvalue weighted by Crippen LogP contribution is -2.71. The van der Waals surface area contributed by atoms with E-state index < -0.39 is 41.0 Å². The standard InChI is InChI=1S/C18H26N2O6/c1-16(2,3)26-15(24)18(20,13(21)22)17(4,11-19)14(23)25-10-12-8-6-5-7-9-12/h5-9H,10-11,19-20H2,1-4H3,(H,21,22). The van der Waals surface area contributed by atoms with Crippen molar-refractivity contribution in [2.45, 2.75) is 45.4 Å². The monoisotopic (exact) mass is 366 g/mol. The zero-order valence-electron chi connectivity index (χ0n) is 15.4. The Morgan fingerprint density at radius 1 is 1.04 bits per heavy atom. The summed E-state index contributed by atoms with van der Waals surface area (Å²) in [5, 5.41) is 9.61. The molecule has 0 fully saturated rings. The number of nitrogens with two attached hydrogens (primary N) is 2. The number of rotatable bonds is 7. The maximum atomic E-state index is 12.6. The zero-order chi connectivity index (χ0) is 20.2. The molecular formula is C18H26N2O6. The van der Waals surface area contributed by atoms with Crippen molar-refractivity contribution >= 4 is 17.9 Å². The van der Waals surface area contributed by atoms with E-state index in [0.29, 0.717) is 5.56 Å². The highest BCUT2D eigenvalue weighted by Gasteiger charge is 2.63. The van der Waals surface area contributed by atoms with Gasteiger partial charge in [-0.3, -0.25) is 4.79 Å². The number of carbonyl (C=O) groups excluding carboxylic acids is 2. The van der Waals surface area contributed by atoms with Crippen LogP contribution >= 0.6 is 0 Å². The molecule has 0 spiro atoms. The van der Waals surface area contributed by atoms with Gasteiger partial charge in [0.2, 0.25) is 5.54 Å². The van der Waals surface area contributed by atoms with Gasteiger partial charge in [0.25, 0.3) is 0 Å². The fourth-order valence-electron chi connectivity index (χ4n) is 2.19. The van der Waals surface area contributed by atoms with Crippen molar-refractivity contribution in [2.24, 2.45) is 16.9 Å². The van der Waals surface area contributed by atoms with E-state index in [1.807, 2.05) is 0 Å². The number of esters is 2. The molecule has 1 aromatic rings. The highest BCUT2D eigenvalue weighted by molar-refractivity contribution is 6.09. The molecule has 2 unspecified atom stereocenters. The van der Waals surface area contributed by atoms with Crippen LogP contribution in [0.3, 0.4) is 0 Å². The Balaban J connectivity index is 3.15. The Kier molecular flexibility index (Phi) is 6.51. The first-order chi connectivity index (χ1) is 11.9. The maximum absolute atomic E-state index is 12.6. The topological polar surface area (TPSA) is 142 Å². The molecular weight excluding hydrogens is 340 g/mol. The molecule has 8 nitrogen and oxygen atoms in total. The average molecular weight is 366 g/mol. The van der Waals surface area contributed by atoms with Gasteiger partial charge in [-0.15, -0.1) is 0 Å². The minimum absolute atomic E-state index is 0.112. The van der Waals surface area contributed by atoms with Crippen LogP contribution in [0.2, 0.25) is 0 Å². The summed E-state index contributed by atoms with van der Waals surface area (Å²) in [6.45, 7) is 5.21. The Morgan fingerprint density at radius 3 is 2.00 bits per heavy atom.